The molecule has 1 aliphatic carbocycles. The van der Waals surface area contributed by atoms with Crippen LogP contribution in [0.3, 0.4) is 0 Å². The van der Waals surface area contributed by atoms with Crippen molar-refractivity contribution in [1.29, 1.82) is 0 Å². The SMILES string of the molecule is COc1ccc2[nH]c3c(c2c1)C(O)CC3. The van der Waals surface area contributed by atoms with Gasteiger partial charge in [-0.05, 0) is 31.0 Å². The molecule has 0 aliphatic heterocycles. The first-order chi connectivity index (χ1) is 7.29. The second kappa shape index (κ2) is 3.00. The second-order valence-corrected chi connectivity index (χ2v) is 3.98. The van der Waals surface area contributed by atoms with Gasteiger partial charge in [-0.1, -0.05) is 0 Å². The minimum Gasteiger partial charge on any atom is -0.497 e. The highest BCUT2D eigenvalue weighted by Gasteiger charge is 2.24. The van der Waals surface area contributed by atoms with E-state index in [4.69, 9.17) is 4.74 Å². The summed E-state index contributed by atoms with van der Waals surface area (Å²) in [5.74, 6) is 0.836. The highest BCUT2D eigenvalue weighted by molar-refractivity contribution is 5.87. The molecule has 0 radical (unpaired) electrons. The number of hydrogen-bond donors (Lipinski definition) is 2. The van der Waals surface area contributed by atoms with E-state index in [0.29, 0.717) is 0 Å². The molecule has 0 fully saturated rings. The van der Waals surface area contributed by atoms with E-state index in [1.165, 1.54) is 5.69 Å². The maximum atomic E-state index is 9.87. The average molecular weight is 203 g/mol. The van der Waals surface area contributed by atoms with Gasteiger partial charge in [-0.3, -0.25) is 0 Å². The quantitative estimate of drug-likeness (QED) is 0.746. The first-order valence-corrected chi connectivity index (χ1v) is 5.16. The van der Waals surface area contributed by atoms with E-state index in [2.05, 4.69) is 4.98 Å². The molecule has 3 heteroatoms. The van der Waals surface area contributed by atoms with Crippen molar-refractivity contribution in [1.82, 2.24) is 4.98 Å². The van der Waals surface area contributed by atoms with Crippen LogP contribution in [0.25, 0.3) is 10.9 Å². The van der Waals surface area contributed by atoms with Crippen LogP contribution in [0, 0.1) is 0 Å². The number of fused-ring (bicyclic) bond motifs is 3. The number of hydrogen-bond acceptors (Lipinski definition) is 2. The molecule has 0 amide bonds. The summed E-state index contributed by atoms with van der Waals surface area (Å²) >= 11 is 0. The Hall–Kier alpha value is -1.48. The lowest BCUT2D eigenvalue weighted by Crippen LogP contribution is -1.89. The number of nitrogens with one attached hydrogen (secondary N) is 1. The Labute approximate surface area is 87.7 Å². The highest BCUT2D eigenvalue weighted by atomic mass is 16.5. The molecule has 78 valence electrons. The lowest BCUT2D eigenvalue weighted by Gasteiger charge is -2.03. The number of ether oxygens (including phenoxy) is 1. The molecule has 1 aliphatic rings. The average Bonchev–Trinajstić information content (AvgIpc) is 2.78. The summed E-state index contributed by atoms with van der Waals surface area (Å²) in [5.41, 5.74) is 3.31. The predicted octanol–water partition coefficient (Wildman–Crippen LogP) is 2.16. The summed E-state index contributed by atoms with van der Waals surface area (Å²) < 4.78 is 5.19. The lowest BCUT2D eigenvalue weighted by atomic mass is 10.1. The number of benzene rings is 1. The summed E-state index contributed by atoms with van der Waals surface area (Å²) in [4.78, 5) is 3.34. The second-order valence-electron chi connectivity index (χ2n) is 3.98. The van der Waals surface area contributed by atoms with Gasteiger partial charge in [0.1, 0.15) is 5.75 Å². The number of rotatable bonds is 1. The monoisotopic (exact) mass is 203 g/mol. The Morgan fingerprint density at radius 1 is 1.47 bits per heavy atom. The molecular formula is C12H13NO2. The van der Waals surface area contributed by atoms with Crippen LogP contribution >= 0.6 is 0 Å². The molecule has 2 N–H and O–H groups in total. The van der Waals surface area contributed by atoms with Crippen molar-refractivity contribution in [2.45, 2.75) is 18.9 Å². The predicted molar refractivity (Wildman–Crippen MR) is 58.1 cm³/mol. The van der Waals surface area contributed by atoms with Gasteiger partial charge >= 0.3 is 0 Å². The number of aliphatic hydroxyl groups excluding tert-OH is 1. The van der Waals surface area contributed by atoms with Crippen molar-refractivity contribution < 1.29 is 9.84 Å². The van der Waals surface area contributed by atoms with E-state index < -0.39 is 0 Å². The van der Waals surface area contributed by atoms with Gasteiger partial charge in [0.05, 0.1) is 13.2 Å². The van der Waals surface area contributed by atoms with Crippen LogP contribution in [-0.2, 0) is 6.42 Å². The summed E-state index contributed by atoms with van der Waals surface area (Å²) in [6, 6.07) is 5.92. The van der Waals surface area contributed by atoms with Crippen LogP contribution in [0.4, 0.5) is 0 Å². The third kappa shape index (κ3) is 1.16. The standard InChI is InChI=1S/C12H13NO2/c1-15-7-2-3-9-8(6-7)12-10(13-9)4-5-11(12)14/h2-3,6,11,13-14H,4-5H2,1H3. The number of aryl methyl sites for hydroxylation is 1. The Kier molecular flexibility index (Phi) is 1.76. The third-order valence-electron chi connectivity index (χ3n) is 3.13. The maximum Gasteiger partial charge on any atom is 0.119 e. The first-order valence-electron chi connectivity index (χ1n) is 5.16. The van der Waals surface area contributed by atoms with Crippen molar-refractivity contribution in [2.24, 2.45) is 0 Å². The van der Waals surface area contributed by atoms with Crippen LogP contribution in [0.5, 0.6) is 5.75 Å². The van der Waals surface area contributed by atoms with E-state index >= 15 is 0 Å². The van der Waals surface area contributed by atoms with E-state index in [9.17, 15) is 5.11 Å². The van der Waals surface area contributed by atoms with E-state index in [1.54, 1.807) is 7.11 Å². The molecular weight excluding hydrogens is 190 g/mol. The zero-order chi connectivity index (χ0) is 10.4. The Morgan fingerprint density at radius 3 is 3.13 bits per heavy atom. The smallest absolute Gasteiger partial charge is 0.119 e. The number of aliphatic hydroxyl groups is 1. The molecule has 1 aromatic carbocycles. The van der Waals surface area contributed by atoms with Crippen molar-refractivity contribution in [2.75, 3.05) is 7.11 Å². The van der Waals surface area contributed by atoms with Crippen molar-refractivity contribution in [3.63, 3.8) is 0 Å². The number of methoxy groups -OCH3 is 1. The third-order valence-corrected chi connectivity index (χ3v) is 3.13. The maximum absolute atomic E-state index is 9.87. The summed E-state index contributed by atoms with van der Waals surface area (Å²) in [6.45, 7) is 0. The summed E-state index contributed by atoms with van der Waals surface area (Å²) in [5, 5.41) is 11.0. The highest BCUT2D eigenvalue weighted by Crippen LogP contribution is 2.37. The molecule has 3 rings (SSSR count). The summed E-state index contributed by atoms with van der Waals surface area (Å²) in [7, 11) is 1.66. The van der Waals surface area contributed by atoms with Crippen LogP contribution < -0.4 is 4.74 Å². The molecule has 0 bridgehead atoms. The summed E-state index contributed by atoms with van der Waals surface area (Å²) in [6.07, 6.45) is 1.45. The fourth-order valence-electron chi connectivity index (χ4n) is 2.38. The molecule has 0 saturated heterocycles. The Bertz CT molecular complexity index is 516. The van der Waals surface area contributed by atoms with Crippen molar-refractivity contribution in [3.8, 4) is 5.75 Å². The van der Waals surface area contributed by atoms with Gasteiger partial charge in [-0.25, -0.2) is 0 Å². The van der Waals surface area contributed by atoms with Crippen LogP contribution in [0.15, 0.2) is 18.2 Å². The zero-order valence-corrected chi connectivity index (χ0v) is 8.58. The molecule has 3 nitrogen and oxygen atoms in total. The van der Waals surface area contributed by atoms with Gasteiger partial charge in [-0.15, -0.1) is 0 Å². The molecule has 0 saturated carbocycles. The largest absolute Gasteiger partial charge is 0.497 e. The Balaban J connectivity index is 2.29. The molecule has 15 heavy (non-hydrogen) atoms. The van der Waals surface area contributed by atoms with E-state index in [1.807, 2.05) is 18.2 Å². The molecule has 1 unspecified atom stereocenters. The fourth-order valence-corrected chi connectivity index (χ4v) is 2.38. The van der Waals surface area contributed by atoms with Gasteiger partial charge < -0.3 is 14.8 Å². The molecule has 0 spiro atoms. The van der Waals surface area contributed by atoms with E-state index in [-0.39, 0.29) is 6.10 Å². The number of H-pyrrole nitrogens is 1. The zero-order valence-electron chi connectivity index (χ0n) is 8.58. The number of aromatic nitrogens is 1. The minimum atomic E-state index is -0.319. The molecule has 1 atom stereocenters. The number of aromatic amines is 1. The molecule has 2 aromatic rings. The van der Waals surface area contributed by atoms with Gasteiger partial charge in [0.2, 0.25) is 0 Å². The topological polar surface area (TPSA) is 45.2 Å². The normalized spacial score (nSPS) is 19.5. The minimum absolute atomic E-state index is 0.319. The van der Waals surface area contributed by atoms with E-state index in [0.717, 1.165) is 35.1 Å². The van der Waals surface area contributed by atoms with Crippen LogP contribution in [0.1, 0.15) is 23.8 Å². The van der Waals surface area contributed by atoms with Gasteiger partial charge in [-0.2, -0.15) is 0 Å². The van der Waals surface area contributed by atoms with Crippen molar-refractivity contribution >= 4 is 10.9 Å². The van der Waals surface area contributed by atoms with Crippen molar-refractivity contribution in [3.05, 3.63) is 29.5 Å². The van der Waals surface area contributed by atoms with Gasteiger partial charge in [0, 0.05) is 22.2 Å². The Morgan fingerprint density at radius 2 is 2.33 bits per heavy atom. The first kappa shape index (κ1) is 8.80. The van der Waals surface area contributed by atoms with Crippen LogP contribution in [0.2, 0.25) is 0 Å². The fraction of sp³-hybridized carbons (Fsp3) is 0.333. The molecule has 1 aromatic heterocycles. The van der Waals surface area contributed by atoms with Gasteiger partial charge in [0.15, 0.2) is 0 Å². The lowest BCUT2D eigenvalue weighted by molar-refractivity contribution is 0.181. The van der Waals surface area contributed by atoms with Gasteiger partial charge in [0.25, 0.3) is 0 Å². The molecule has 1 heterocycles. The van der Waals surface area contributed by atoms with Crippen LogP contribution in [-0.4, -0.2) is 17.2 Å².